The Morgan fingerprint density at radius 2 is 2.04 bits per heavy atom. The van der Waals surface area contributed by atoms with Crippen LogP contribution < -0.4 is 16.8 Å². The largest absolute Gasteiger partial charge is 0.364 e. The van der Waals surface area contributed by atoms with Crippen LogP contribution in [-0.4, -0.2) is 40.3 Å². The van der Waals surface area contributed by atoms with Crippen molar-refractivity contribution in [1.82, 2.24) is 9.78 Å². The number of aromatic nitrogens is 2. The molecular formula is C16H20ClN5O3. The number of halogens is 1. The van der Waals surface area contributed by atoms with E-state index in [1.807, 2.05) is 6.07 Å². The summed E-state index contributed by atoms with van der Waals surface area (Å²) in [6.45, 7) is 0.406. The third kappa shape index (κ3) is 4.16. The topological polar surface area (TPSA) is 125 Å². The first-order valence-electron chi connectivity index (χ1n) is 7.69. The number of hydrogen-bond acceptors (Lipinski definition) is 5. The molecule has 134 valence electrons. The van der Waals surface area contributed by atoms with Crippen LogP contribution in [0.25, 0.3) is 5.69 Å². The van der Waals surface area contributed by atoms with E-state index in [0.717, 1.165) is 6.42 Å². The number of hydrogen-bond donors (Lipinski definition) is 3. The number of nitrogens with zero attached hydrogens (tertiary/aromatic N) is 2. The normalized spacial score (nSPS) is 19.2. The summed E-state index contributed by atoms with van der Waals surface area (Å²) in [6.07, 6.45) is 2.45. The molecule has 2 atom stereocenters. The van der Waals surface area contributed by atoms with Crippen LogP contribution in [0.2, 0.25) is 0 Å². The smallest absolute Gasteiger partial charge is 0.269 e. The molecule has 8 nitrogen and oxygen atoms in total. The number of anilines is 1. The Morgan fingerprint density at radius 1 is 1.28 bits per heavy atom. The van der Waals surface area contributed by atoms with Crippen molar-refractivity contribution >= 4 is 29.9 Å². The van der Waals surface area contributed by atoms with Crippen LogP contribution in [0.15, 0.2) is 36.5 Å². The Labute approximate surface area is 150 Å². The fourth-order valence-corrected chi connectivity index (χ4v) is 2.65. The molecule has 2 heterocycles. The summed E-state index contributed by atoms with van der Waals surface area (Å²) in [4.78, 5) is 23.6. The second-order valence-corrected chi connectivity index (χ2v) is 5.58. The summed E-state index contributed by atoms with van der Waals surface area (Å²) in [5, 5.41) is 6.97. The summed E-state index contributed by atoms with van der Waals surface area (Å²) < 4.78 is 7.10. The van der Waals surface area contributed by atoms with Crippen LogP contribution in [-0.2, 0) is 9.53 Å². The maximum atomic E-state index is 12.4. The maximum absolute atomic E-state index is 12.4. The molecule has 0 radical (unpaired) electrons. The Hall–Kier alpha value is -2.42. The van der Waals surface area contributed by atoms with Crippen LogP contribution in [0.1, 0.15) is 23.3 Å². The molecule has 0 aliphatic carbocycles. The third-order valence-corrected chi connectivity index (χ3v) is 3.91. The average Bonchev–Trinajstić information content (AvgIpc) is 3.25. The van der Waals surface area contributed by atoms with Gasteiger partial charge in [0.05, 0.1) is 17.5 Å². The lowest BCUT2D eigenvalue weighted by Crippen LogP contribution is -2.30. The molecule has 0 bridgehead atoms. The van der Waals surface area contributed by atoms with Gasteiger partial charge in [0.2, 0.25) is 0 Å². The second kappa shape index (κ2) is 8.11. The van der Waals surface area contributed by atoms with Gasteiger partial charge in [0, 0.05) is 12.7 Å². The van der Waals surface area contributed by atoms with Crippen LogP contribution in [0.4, 0.5) is 5.69 Å². The summed E-state index contributed by atoms with van der Waals surface area (Å²) in [6, 6.07) is 8.68. The highest BCUT2D eigenvalue weighted by atomic mass is 35.5. The fourth-order valence-electron chi connectivity index (χ4n) is 2.65. The molecule has 0 unspecified atom stereocenters. The highest BCUT2D eigenvalue weighted by molar-refractivity contribution is 5.96. The van der Waals surface area contributed by atoms with E-state index in [2.05, 4.69) is 10.4 Å². The molecule has 25 heavy (non-hydrogen) atoms. The molecule has 1 fully saturated rings. The Kier molecular flexibility index (Phi) is 6.13. The van der Waals surface area contributed by atoms with Crippen molar-refractivity contribution in [3.8, 4) is 5.69 Å². The van der Waals surface area contributed by atoms with E-state index < -0.39 is 12.0 Å². The number of carbonyl (C=O) groups excluding carboxylic acids is 2. The lowest BCUT2D eigenvalue weighted by molar-refractivity contribution is -0.126. The average molecular weight is 366 g/mol. The third-order valence-electron chi connectivity index (χ3n) is 3.91. The molecule has 1 aromatic heterocycles. The van der Waals surface area contributed by atoms with Gasteiger partial charge in [0.25, 0.3) is 11.8 Å². The fraction of sp³-hybridized carbons (Fsp3) is 0.312. The zero-order chi connectivity index (χ0) is 17.1. The molecule has 5 N–H and O–H groups in total. The SMILES string of the molecule is Cl.NC[C@H]1CC[C@@H](C(=O)Nc2ccccc2-n2ccc(C(N)=O)n2)O1. The van der Waals surface area contributed by atoms with Gasteiger partial charge < -0.3 is 21.5 Å². The first kappa shape index (κ1) is 18.9. The summed E-state index contributed by atoms with van der Waals surface area (Å²) >= 11 is 0. The number of nitrogens with two attached hydrogens (primary N) is 2. The van der Waals surface area contributed by atoms with Crippen molar-refractivity contribution in [3.05, 3.63) is 42.2 Å². The molecular weight excluding hydrogens is 346 g/mol. The molecule has 3 rings (SSSR count). The minimum absolute atomic E-state index is 0. The van der Waals surface area contributed by atoms with Crippen molar-refractivity contribution in [3.63, 3.8) is 0 Å². The molecule has 1 saturated heterocycles. The summed E-state index contributed by atoms with van der Waals surface area (Å²) in [7, 11) is 0. The molecule has 1 aliphatic rings. The van der Waals surface area contributed by atoms with E-state index in [4.69, 9.17) is 16.2 Å². The van der Waals surface area contributed by atoms with Gasteiger partial charge in [0.15, 0.2) is 0 Å². The number of primary amides is 1. The first-order valence-corrected chi connectivity index (χ1v) is 7.69. The lowest BCUT2D eigenvalue weighted by Gasteiger charge is -2.15. The van der Waals surface area contributed by atoms with Gasteiger partial charge in [0.1, 0.15) is 11.8 Å². The number of para-hydroxylation sites is 2. The number of amides is 2. The van der Waals surface area contributed by atoms with Gasteiger partial charge in [-0.25, -0.2) is 4.68 Å². The van der Waals surface area contributed by atoms with Gasteiger partial charge in [-0.2, -0.15) is 5.10 Å². The molecule has 0 spiro atoms. The van der Waals surface area contributed by atoms with E-state index in [9.17, 15) is 9.59 Å². The number of rotatable bonds is 5. The Bertz CT molecular complexity index is 764. The van der Waals surface area contributed by atoms with E-state index in [-0.39, 0.29) is 30.1 Å². The Balaban J connectivity index is 0.00000225. The first-order chi connectivity index (χ1) is 11.6. The Morgan fingerprint density at radius 3 is 2.68 bits per heavy atom. The van der Waals surface area contributed by atoms with Crippen molar-refractivity contribution in [2.24, 2.45) is 11.5 Å². The molecule has 1 aromatic carbocycles. The highest BCUT2D eigenvalue weighted by Crippen LogP contribution is 2.23. The van der Waals surface area contributed by atoms with Crippen molar-refractivity contribution in [1.29, 1.82) is 0 Å². The van der Waals surface area contributed by atoms with Crippen molar-refractivity contribution in [2.75, 3.05) is 11.9 Å². The lowest BCUT2D eigenvalue weighted by atomic mass is 10.2. The summed E-state index contributed by atoms with van der Waals surface area (Å²) in [5.74, 6) is -0.830. The predicted octanol–water partition coefficient (Wildman–Crippen LogP) is 0.838. The quantitative estimate of drug-likeness (QED) is 0.723. The number of ether oxygens (including phenoxy) is 1. The predicted molar refractivity (Wildman–Crippen MR) is 94.9 cm³/mol. The molecule has 0 saturated carbocycles. The van der Waals surface area contributed by atoms with Crippen LogP contribution in [0.3, 0.4) is 0 Å². The minimum atomic E-state index is -0.609. The van der Waals surface area contributed by atoms with E-state index in [1.165, 1.54) is 10.7 Å². The molecule has 2 amide bonds. The maximum Gasteiger partial charge on any atom is 0.269 e. The van der Waals surface area contributed by atoms with Gasteiger partial charge in [-0.05, 0) is 31.0 Å². The summed E-state index contributed by atoms with van der Waals surface area (Å²) in [5.41, 5.74) is 12.1. The molecule has 2 aromatic rings. The van der Waals surface area contributed by atoms with E-state index in [1.54, 1.807) is 24.4 Å². The van der Waals surface area contributed by atoms with Gasteiger partial charge in [-0.15, -0.1) is 12.4 Å². The van der Waals surface area contributed by atoms with E-state index in [0.29, 0.717) is 24.3 Å². The van der Waals surface area contributed by atoms with Crippen molar-refractivity contribution in [2.45, 2.75) is 25.0 Å². The molecule has 9 heteroatoms. The number of nitrogens with one attached hydrogen (secondary N) is 1. The van der Waals surface area contributed by atoms with Crippen LogP contribution in [0, 0.1) is 0 Å². The van der Waals surface area contributed by atoms with Gasteiger partial charge in [-0.3, -0.25) is 9.59 Å². The van der Waals surface area contributed by atoms with E-state index >= 15 is 0 Å². The minimum Gasteiger partial charge on any atom is -0.364 e. The standard InChI is InChI=1S/C16H19N5O3.ClH/c17-9-10-5-6-14(24-10)16(23)19-11-3-1-2-4-13(11)21-8-7-12(20-21)15(18)22;/h1-4,7-8,10,14H,5-6,9,17H2,(H2,18,22)(H,19,23);1H/t10-,14+;/m1./s1. The van der Waals surface area contributed by atoms with Gasteiger partial charge >= 0.3 is 0 Å². The highest BCUT2D eigenvalue weighted by Gasteiger charge is 2.30. The number of carbonyl (C=O) groups is 2. The monoisotopic (exact) mass is 365 g/mol. The number of benzene rings is 1. The van der Waals surface area contributed by atoms with Gasteiger partial charge in [-0.1, -0.05) is 12.1 Å². The van der Waals surface area contributed by atoms with Crippen molar-refractivity contribution < 1.29 is 14.3 Å². The van der Waals surface area contributed by atoms with Crippen LogP contribution in [0.5, 0.6) is 0 Å². The van der Waals surface area contributed by atoms with Crippen LogP contribution >= 0.6 is 12.4 Å². The molecule has 1 aliphatic heterocycles. The zero-order valence-electron chi connectivity index (χ0n) is 13.4. The second-order valence-electron chi connectivity index (χ2n) is 5.58. The zero-order valence-corrected chi connectivity index (χ0v) is 14.2.